The normalized spacial score (nSPS) is 18.4. The van der Waals surface area contributed by atoms with Gasteiger partial charge < -0.3 is 10.2 Å². The third-order valence-corrected chi connectivity index (χ3v) is 5.28. The van der Waals surface area contributed by atoms with E-state index in [1.165, 1.54) is 13.1 Å². The average Bonchev–Trinajstić information content (AvgIpc) is 2.54. The molecule has 2 rings (SSSR count). The molecule has 1 aromatic rings. The number of hydrogen-bond acceptors (Lipinski definition) is 4. The number of rotatable bonds is 4. The molecule has 1 saturated heterocycles. The monoisotopic (exact) mass is 365 g/mol. The minimum absolute atomic E-state index is 0. The van der Waals surface area contributed by atoms with E-state index in [2.05, 4.69) is 10.0 Å². The van der Waals surface area contributed by atoms with Crippen LogP contribution in [0.2, 0.25) is 0 Å². The van der Waals surface area contributed by atoms with Crippen LogP contribution in [-0.2, 0) is 10.0 Å². The van der Waals surface area contributed by atoms with Gasteiger partial charge in [-0.15, -0.1) is 12.4 Å². The van der Waals surface area contributed by atoms with Gasteiger partial charge in [0, 0.05) is 24.7 Å². The molecule has 1 aliphatic rings. The number of piperidine rings is 1. The number of nitrogens with zero attached hydrogens (tertiary/aromatic N) is 1. The molecule has 0 saturated carbocycles. The highest BCUT2D eigenvalue weighted by Crippen LogP contribution is 2.19. The van der Waals surface area contributed by atoms with Gasteiger partial charge in [-0.3, -0.25) is 4.79 Å². The van der Waals surface area contributed by atoms with Gasteiger partial charge in [0.2, 0.25) is 10.0 Å². The molecule has 0 spiro atoms. The molecule has 1 aliphatic heterocycles. The van der Waals surface area contributed by atoms with Gasteiger partial charge in [-0.1, -0.05) is 0 Å². The predicted molar refractivity (Wildman–Crippen MR) is 87.9 cm³/mol. The first-order valence-corrected chi connectivity index (χ1v) is 8.57. The zero-order valence-corrected chi connectivity index (χ0v) is 14.6. The number of likely N-dealkylation sites (N-methyl/N-ethyl adjacent to an activating group) is 1. The Morgan fingerprint density at radius 2 is 2.04 bits per heavy atom. The Balaban J connectivity index is 0.00000264. The van der Waals surface area contributed by atoms with Gasteiger partial charge in [-0.2, -0.15) is 0 Å². The summed E-state index contributed by atoms with van der Waals surface area (Å²) in [5.74, 6) is -1.16. The summed E-state index contributed by atoms with van der Waals surface area (Å²) in [5.41, 5.74) is 0.173. The number of benzene rings is 1. The molecule has 2 N–H and O–H groups in total. The summed E-state index contributed by atoms with van der Waals surface area (Å²) in [6, 6.07) is 3.64. The number of hydrogen-bond donors (Lipinski definition) is 2. The van der Waals surface area contributed by atoms with Crippen molar-refractivity contribution in [1.29, 1.82) is 0 Å². The number of carbonyl (C=O) groups is 1. The van der Waals surface area contributed by atoms with Crippen molar-refractivity contribution < 1.29 is 17.6 Å². The van der Waals surface area contributed by atoms with Crippen LogP contribution in [0.25, 0.3) is 0 Å². The van der Waals surface area contributed by atoms with E-state index in [9.17, 15) is 17.6 Å². The van der Waals surface area contributed by atoms with Crippen LogP contribution in [0.15, 0.2) is 23.1 Å². The van der Waals surface area contributed by atoms with E-state index in [0.717, 1.165) is 25.0 Å². The Morgan fingerprint density at radius 3 is 2.65 bits per heavy atom. The van der Waals surface area contributed by atoms with Crippen molar-refractivity contribution in [2.24, 2.45) is 0 Å². The zero-order chi connectivity index (χ0) is 16.3. The molecule has 0 bridgehead atoms. The molecule has 9 heteroatoms. The minimum Gasteiger partial charge on any atom is -0.337 e. The number of amides is 1. The van der Waals surface area contributed by atoms with Crippen LogP contribution in [0.4, 0.5) is 4.39 Å². The average molecular weight is 366 g/mol. The summed E-state index contributed by atoms with van der Waals surface area (Å²) in [7, 11) is -0.898. The van der Waals surface area contributed by atoms with Crippen LogP contribution in [0.3, 0.4) is 0 Å². The Hall–Kier alpha value is -1.22. The standard InChI is InChI=1S/C14H20FN3O3S.ClH/c1-16-11-4-3-7-18(9-11)14(19)10-5-6-12(15)13(8-10)22(20,21)17-2;/h5-6,8,11,16-17H,3-4,7,9H2,1-2H3;1H. The third-order valence-electron chi connectivity index (χ3n) is 3.85. The third kappa shape index (κ3) is 4.41. The quantitative estimate of drug-likeness (QED) is 0.833. The van der Waals surface area contributed by atoms with Gasteiger partial charge >= 0.3 is 0 Å². The Labute approximate surface area is 141 Å². The number of nitrogens with one attached hydrogen (secondary N) is 2. The minimum atomic E-state index is -3.94. The van der Waals surface area contributed by atoms with Gasteiger partial charge in [-0.05, 0) is 45.1 Å². The summed E-state index contributed by atoms with van der Waals surface area (Å²) >= 11 is 0. The second-order valence-corrected chi connectivity index (χ2v) is 7.09. The summed E-state index contributed by atoms with van der Waals surface area (Å²) < 4.78 is 39.3. The zero-order valence-electron chi connectivity index (χ0n) is 13.0. The molecule has 0 radical (unpaired) electrons. The van der Waals surface area contributed by atoms with E-state index < -0.39 is 20.7 Å². The smallest absolute Gasteiger partial charge is 0.253 e. The molecular weight excluding hydrogens is 345 g/mol. The van der Waals surface area contributed by atoms with E-state index in [1.54, 1.807) is 4.90 Å². The molecule has 1 fully saturated rings. The summed E-state index contributed by atoms with van der Waals surface area (Å²) in [5, 5.41) is 3.13. The Kier molecular flexibility index (Phi) is 6.94. The SMILES string of the molecule is CNC1CCCN(C(=O)c2ccc(F)c(S(=O)(=O)NC)c2)C1.Cl. The van der Waals surface area contributed by atoms with Crippen LogP contribution in [0.1, 0.15) is 23.2 Å². The predicted octanol–water partition coefficient (Wildman–Crippen LogP) is 0.980. The fourth-order valence-electron chi connectivity index (χ4n) is 2.53. The lowest BCUT2D eigenvalue weighted by Crippen LogP contribution is -2.47. The molecule has 0 aliphatic carbocycles. The van der Waals surface area contributed by atoms with E-state index in [1.807, 2.05) is 7.05 Å². The van der Waals surface area contributed by atoms with Gasteiger partial charge in [0.25, 0.3) is 5.91 Å². The molecule has 1 atom stereocenters. The highest BCUT2D eigenvalue weighted by Gasteiger charge is 2.25. The van der Waals surface area contributed by atoms with Crippen molar-refractivity contribution in [2.45, 2.75) is 23.8 Å². The van der Waals surface area contributed by atoms with Crippen LogP contribution in [0.5, 0.6) is 0 Å². The van der Waals surface area contributed by atoms with Crippen molar-refractivity contribution >= 4 is 28.3 Å². The topological polar surface area (TPSA) is 78.5 Å². The fourth-order valence-corrected chi connectivity index (χ4v) is 3.36. The molecular formula is C14H21ClFN3O3S. The first kappa shape index (κ1) is 19.8. The lowest BCUT2D eigenvalue weighted by atomic mass is 10.0. The molecule has 6 nitrogen and oxygen atoms in total. The molecule has 1 amide bonds. The highest BCUT2D eigenvalue weighted by molar-refractivity contribution is 7.89. The van der Waals surface area contributed by atoms with E-state index in [4.69, 9.17) is 0 Å². The van der Waals surface area contributed by atoms with E-state index in [-0.39, 0.29) is 29.9 Å². The van der Waals surface area contributed by atoms with Gasteiger partial charge in [0.1, 0.15) is 10.7 Å². The summed E-state index contributed by atoms with van der Waals surface area (Å²) in [6.07, 6.45) is 1.86. The molecule has 23 heavy (non-hydrogen) atoms. The first-order chi connectivity index (χ1) is 10.4. The van der Waals surface area contributed by atoms with Crippen LogP contribution >= 0.6 is 12.4 Å². The maximum absolute atomic E-state index is 13.7. The Morgan fingerprint density at radius 1 is 1.35 bits per heavy atom. The van der Waals surface area contributed by atoms with E-state index in [0.29, 0.717) is 13.1 Å². The Bertz CT molecular complexity index is 669. The van der Waals surface area contributed by atoms with Crippen molar-refractivity contribution in [2.75, 3.05) is 27.2 Å². The number of sulfonamides is 1. The molecule has 1 heterocycles. The molecule has 0 aromatic heterocycles. The van der Waals surface area contributed by atoms with Crippen LogP contribution in [-0.4, -0.2) is 52.5 Å². The fraction of sp³-hybridized carbons (Fsp3) is 0.500. The van der Waals surface area contributed by atoms with Crippen LogP contribution in [0, 0.1) is 5.82 Å². The van der Waals surface area contributed by atoms with Gasteiger partial charge in [-0.25, -0.2) is 17.5 Å². The number of carbonyl (C=O) groups excluding carboxylic acids is 1. The second-order valence-electron chi connectivity index (χ2n) is 5.23. The number of likely N-dealkylation sites (tertiary alicyclic amines) is 1. The number of halogens is 2. The van der Waals surface area contributed by atoms with Gasteiger partial charge in [0.05, 0.1) is 0 Å². The lowest BCUT2D eigenvalue weighted by molar-refractivity contribution is 0.0698. The van der Waals surface area contributed by atoms with Gasteiger partial charge in [0.15, 0.2) is 0 Å². The summed E-state index contributed by atoms with van der Waals surface area (Å²) in [6.45, 7) is 1.17. The maximum Gasteiger partial charge on any atom is 0.253 e. The highest BCUT2D eigenvalue weighted by atomic mass is 35.5. The van der Waals surface area contributed by atoms with Crippen molar-refractivity contribution in [1.82, 2.24) is 14.9 Å². The largest absolute Gasteiger partial charge is 0.337 e. The van der Waals surface area contributed by atoms with E-state index >= 15 is 0 Å². The van der Waals surface area contributed by atoms with Crippen molar-refractivity contribution in [3.05, 3.63) is 29.6 Å². The summed E-state index contributed by atoms with van der Waals surface area (Å²) in [4.78, 5) is 13.6. The molecule has 1 aromatic carbocycles. The molecule has 130 valence electrons. The first-order valence-electron chi connectivity index (χ1n) is 7.08. The maximum atomic E-state index is 13.7. The lowest BCUT2D eigenvalue weighted by Gasteiger charge is -2.32. The second kappa shape index (κ2) is 8.05. The van der Waals surface area contributed by atoms with Crippen molar-refractivity contribution in [3.63, 3.8) is 0 Å². The van der Waals surface area contributed by atoms with Crippen LogP contribution < -0.4 is 10.0 Å². The molecule has 1 unspecified atom stereocenters. The van der Waals surface area contributed by atoms with Crippen molar-refractivity contribution in [3.8, 4) is 0 Å².